The van der Waals surface area contributed by atoms with E-state index >= 15 is 0 Å². The highest BCUT2D eigenvalue weighted by Gasteiger charge is 2.64. The standard InChI is InChI=1S/C28H62O41P8/c1-15(13-53-3)56-9-11-60-19-21(62-70(29,30)31)17(23(64-72(35,36)37)27(68-76(47,48)49)25(19)66-74(41,42)43)58-7-5-55-6-8-59-18-22(63-71(32,33)34)20(61-12-10-57-16(2)14-54-4)26(67-75(44,45)46)28(69-77(50,51)52)24(18)65-73(38,39)40/h15-28,47-49H,5-14H2,1-4H3,(H13-,29,30,31,32,33,34,35,36,37,38,39,40,41,42,43,44,45,46,50,51,52)/p+1/t15-,16-,17-,18-,19-,20-,21+,22+,23-,24-,25+,26+,27+,28+/m1/s1. The first kappa shape index (κ1) is 73.8. The van der Waals surface area contributed by atoms with Crippen molar-refractivity contribution in [2.45, 2.75) is 99.3 Å². The first-order valence-electron chi connectivity index (χ1n) is 21.1. The summed E-state index contributed by atoms with van der Waals surface area (Å²) in [5.74, 6) is 0. The average Bonchev–Trinajstić information content (AvgIpc) is 3.20. The maximum atomic E-state index is 12.4. The first-order valence-corrected chi connectivity index (χ1v) is 33.4. The summed E-state index contributed by atoms with van der Waals surface area (Å²) in [7, 11) is -44.9. The molecule has 41 nitrogen and oxygen atoms in total. The van der Waals surface area contributed by atoms with Gasteiger partial charge in [-0.15, -0.1) is 4.52 Å². The molecule has 2 saturated carbocycles. The van der Waals surface area contributed by atoms with Gasteiger partial charge in [0.25, 0.3) is 0 Å². The minimum atomic E-state index is -6.01. The molecule has 460 valence electrons. The van der Waals surface area contributed by atoms with Crippen LogP contribution in [0, 0.1) is 0 Å². The van der Waals surface area contributed by atoms with Gasteiger partial charge in [-0.2, -0.15) is 14.7 Å². The summed E-state index contributed by atoms with van der Waals surface area (Å²) >= 11 is 0. The lowest BCUT2D eigenvalue weighted by Crippen LogP contribution is -2.67. The van der Waals surface area contributed by atoms with Gasteiger partial charge < -0.3 is 111 Å². The monoisotopic (exact) mass is 1300 g/mol. The van der Waals surface area contributed by atoms with Crippen LogP contribution in [0.2, 0.25) is 0 Å². The van der Waals surface area contributed by atoms with Crippen molar-refractivity contribution < 1.29 is 194 Å². The van der Waals surface area contributed by atoms with Gasteiger partial charge in [0.05, 0.1) is 78.3 Å². The Kier molecular flexibility index (Phi) is 30.4. The van der Waals surface area contributed by atoms with Crippen molar-refractivity contribution >= 4 is 62.9 Å². The van der Waals surface area contributed by atoms with Gasteiger partial charge in [-0.25, -0.2) is 32.0 Å². The molecule has 0 amide bonds. The van der Waals surface area contributed by atoms with E-state index in [1.54, 1.807) is 0 Å². The molecule has 0 unspecified atom stereocenters. The van der Waals surface area contributed by atoms with Crippen molar-refractivity contribution in [3.05, 3.63) is 0 Å². The molecule has 2 aliphatic rings. The van der Waals surface area contributed by atoms with E-state index in [0.717, 1.165) is 0 Å². The van der Waals surface area contributed by atoms with Crippen LogP contribution in [0.25, 0.3) is 0 Å². The molecule has 17 N–H and O–H groups in total. The summed E-state index contributed by atoms with van der Waals surface area (Å²) in [5.41, 5.74) is 0. The number of rotatable bonds is 38. The summed E-state index contributed by atoms with van der Waals surface area (Å²) < 4.78 is 172. The molecule has 0 aromatic heterocycles. The van der Waals surface area contributed by atoms with Crippen molar-refractivity contribution in [2.75, 3.05) is 80.3 Å². The lowest BCUT2D eigenvalue weighted by atomic mass is 9.84. The minimum absolute atomic E-state index is 0.000409. The van der Waals surface area contributed by atoms with Gasteiger partial charge in [0.1, 0.15) is 67.1 Å². The molecule has 2 fully saturated rings. The molecule has 0 aliphatic heterocycles. The maximum absolute atomic E-state index is 12.4. The summed E-state index contributed by atoms with van der Waals surface area (Å²) in [6, 6.07) is 0. The van der Waals surface area contributed by atoms with Crippen LogP contribution >= 0.6 is 62.9 Å². The largest absolute Gasteiger partial charge is 0.567 e. The molecule has 0 bridgehead atoms. The van der Waals surface area contributed by atoms with Crippen LogP contribution in [0.5, 0.6) is 0 Å². The number of phosphoric acid groups is 7. The predicted molar refractivity (Wildman–Crippen MR) is 241 cm³/mol. The van der Waals surface area contributed by atoms with E-state index in [2.05, 4.69) is 22.6 Å². The second-order valence-corrected chi connectivity index (χ2v) is 25.3. The van der Waals surface area contributed by atoms with Gasteiger partial charge in [-0.05, 0) is 13.8 Å². The molecular formula is C28H63O41P8+. The van der Waals surface area contributed by atoms with Crippen LogP contribution in [0.3, 0.4) is 0 Å². The molecule has 2 aliphatic carbocycles. The van der Waals surface area contributed by atoms with Crippen LogP contribution in [0.15, 0.2) is 0 Å². The Balaban J connectivity index is 2.64. The van der Waals surface area contributed by atoms with Gasteiger partial charge >= 0.3 is 62.9 Å². The average molecular weight is 1300 g/mol. The quantitative estimate of drug-likeness (QED) is 0.0207. The van der Waals surface area contributed by atoms with Crippen LogP contribution in [0.1, 0.15) is 13.8 Å². The molecule has 49 heteroatoms. The minimum Gasteiger partial charge on any atom is -0.382 e. The van der Waals surface area contributed by atoms with Crippen molar-refractivity contribution in [3.8, 4) is 0 Å². The number of hydrogen-bond acceptors (Lipinski definition) is 27. The van der Waals surface area contributed by atoms with Crippen LogP contribution < -0.4 is 0 Å². The molecule has 0 aromatic rings. The van der Waals surface area contributed by atoms with E-state index in [9.17, 15) is 115 Å². The summed E-state index contributed by atoms with van der Waals surface area (Å²) in [5, 5.41) is 0. The first-order chi connectivity index (χ1) is 34.9. The van der Waals surface area contributed by atoms with Crippen molar-refractivity contribution in [1.82, 2.24) is 0 Å². The topological polar surface area (TPSA) is 620 Å². The molecule has 2 rings (SSSR count). The second-order valence-electron chi connectivity index (χ2n) is 15.7. The fourth-order valence-corrected chi connectivity index (χ4v) is 11.7. The van der Waals surface area contributed by atoms with Gasteiger partial charge in [0.2, 0.25) is 0 Å². The Morgan fingerprint density at radius 2 is 0.545 bits per heavy atom. The zero-order valence-corrected chi connectivity index (χ0v) is 47.3. The maximum Gasteiger partial charge on any atom is 0.567 e. The van der Waals surface area contributed by atoms with Crippen LogP contribution in [-0.4, -0.2) is 249 Å². The Morgan fingerprint density at radius 1 is 0.338 bits per heavy atom. The third kappa shape index (κ3) is 30.4. The smallest absolute Gasteiger partial charge is 0.382 e. The molecule has 0 spiro atoms. The summed E-state index contributed by atoms with van der Waals surface area (Å²) in [6.45, 7) is -3.17. The van der Waals surface area contributed by atoms with E-state index in [0.29, 0.717) is 0 Å². The fourth-order valence-electron chi connectivity index (χ4n) is 7.26. The lowest BCUT2D eigenvalue weighted by Gasteiger charge is -2.48. The van der Waals surface area contributed by atoms with Crippen molar-refractivity contribution in [2.24, 2.45) is 0 Å². The van der Waals surface area contributed by atoms with Crippen molar-refractivity contribution in [3.63, 3.8) is 0 Å². The molecular weight excluding hydrogens is 1240 g/mol. The Morgan fingerprint density at radius 3 is 0.766 bits per heavy atom. The predicted octanol–water partition coefficient (Wildman–Crippen LogP) is -3.94. The lowest BCUT2D eigenvalue weighted by molar-refractivity contribution is -0.239. The highest BCUT2D eigenvalue weighted by atomic mass is 31.2. The van der Waals surface area contributed by atoms with Crippen molar-refractivity contribution in [1.29, 1.82) is 0 Å². The Labute approximate surface area is 435 Å². The summed E-state index contributed by atoms with van der Waals surface area (Å²) in [6.07, 6.45) is -33.0. The molecule has 14 atom stereocenters. The second kappa shape index (κ2) is 31.7. The van der Waals surface area contributed by atoms with Crippen LogP contribution in [-0.2, 0) is 111 Å². The van der Waals surface area contributed by atoms with E-state index < -0.39 is 201 Å². The Bertz CT molecular complexity index is 2090. The fraction of sp³-hybridized carbons (Fsp3) is 1.00. The van der Waals surface area contributed by atoms with Crippen LogP contribution in [0.4, 0.5) is 0 Å². The number of methoxy groups -OCH3 is 2. The highest BCUT2D eigenvalue weighted by Crippen LogP contribution is 2.57. The van der Waals surface area contributed by atoms with E-state index in [1.807, 2.05) is 0 Å². The zero-order valence-electron chi connectivity index (χ0n) is 40.1. The zero-order chi connectivity index (χ0) is 59.2. The van der Waals surface area contributed by atoms with E-state index in [4.69, 9.17) is 56.2 Å². The van der Waals surface area contributed by atoms with Gasteiger partial charge in [0.15, 0.2) is 6.10 Å². The Hall–Kier alpha value is 0.680. The molecule has 77 heavy (non-hydrogen) atoms. The highest BCUT2D eigenvalue weighted by molar-refractivity contribution is 7.53. The van der Waals surface area contributed by atoms with Gasteiger partial charge in [-0.1, -0.05) is 0 Å². The third-order valence-corrected chi connectivity index (χ3v) is 13.6. The summed E-state index contributed by atoms with van der Waals surface area (Å²) in [4.78, 5) is 168. The van der Waals surface area contributed by atoms with Gasteiger partial charge in [-0.3, -0.25) is 31.7 Å². The third-order valence-electron chi connectivity index (χ3n) is 9.43. The number of ether oxygens (including phenoxy) is 9. The van der Waals surface area contributed by atoms with Gasteiger partial charge in [0, 0.05) is 14.2 Å². The molecule has 0 saturated heterocycles. The molecule has 0 radical (unpaired) electrons. The number of hydrogen-bond donors (Lipinski definition) is 17. The number of phosphoric ester groups is 7. The van der Waals surface area contributed by atoms with E-state index in [1.165, 1.54) is 28.1 Å². The molecule has 0 heterocycles. The normalized spacial score (nSPS) is 28.4. The SMILES string of the molecule is COC[C@@H](C)OCCO[C@@H]1[C@@H](OP(=O)(O)O)[C@@H](OCCOCCO[C@@H]2[C@H](OP(=O)(O)O)[C@@H](OCCO[C@H](C)COC)[C@H](OP(=O)(O)O)[C@@H](O[P+](O)(O)O)[C@@H]2OP(=O)(O)O)[C@@H](OP(=O)(O)O)[C@H](OP(=O)(O)O)[C@H]1OP(=O)(O)O. The van der Waals surface area contributed by atoms with E-state index in [-0.39, 0.29) is 13.2 Å². The molecule has 0 aromatic carbocycles.